The molecule has 2 aromatic rings. The van der Waals surface area contributed by atoms with Crippen LogP contribution >= 0.6 is 15.9 Å². The maximum Gasteiger partial charge on any atom is 0.261 e. The van der Waals surface area contributed by atoms with E-state index in [0.717, 1.165) is 9.99 Å². The molecule has 0 saturated carbocycles. The van der Waals surface area contributed by atoms with Crippen LogP contribution in [0.3, 0.4) is 0 Å². The zero-order chi connectivity index (χ0) is 12.4. The van der Waals surface area contributed by atoms with Crippen molar-refractivity contribution in [1.82, 2.24) is 9.55 Å². The lowest BCUT2D eigenvalue weighted by Crippen LogP contribution is -2.25. The standard InChI is InChI=1S/C12H13BrN2O2/c1-8-14-11-4-3-9(13)7-10(11)12(16)15(8)5-6-17-2/h3-4,7H,5-6H2,1-2H3. The van der Waals surface area contributed by atoms with E-state index in [1.54, 1.807) is 17.7 Å². The minimum atomic E-state index is -0.0224. The predicted molar refractivity (Wildman–Crippen MR) is 70.3 cm³/mol. The van der Waals surface area contributed by atoms with E-state index in [4.69, 9.17) is 4.74 Å². The first kappa shape index (κ1) is 12.3. The molecule has 0 atom stereocenters. The number of nitrogens with zero attached hydrogens (tertiary/aromatic N) is 2. The molecule has 0 spiro atoms. The SMILES string of the molecule is COCCn1c(C)nc2ccc(Br)cc2c1=O. The van der Waals surface area contributed by atoms with Crippen molar-refractivity contribution < 1.29 is 4.74 Å². The molecule has 0 radical (unpaired) electrons. The van der Waals surface area contributed by atoms with Crippen molar-refractivity contribution in [3.8, 4) is 0 Å². The number of aryl methyl sites for hydroxylation is 1. The Morgan fingerprint density at radius 2 is 2.24 bits per heavy atom. The number of methoxy groups -OCH3 is 1. The Bertz CT molecular complexity index is 607. The van der Waals surface area contributed by atoms with Crippen LogP contribution in [0.25, 0.3) is 10.9 Å². The molecule has 0 unspecified atom stereocenters. The van der Waals surface area contributed by atoms with E-state index >= 15 is 0 Å². The van der Waals surface area contributed by atoms with Crippen LogP contribution in [0.1, 0.15) is 5.82 Å². The maximum atomic E-state index is 12.3. The van der Waals surface area contributed by atoms with Gasteiger partial charge in [-0.05, 0) is 25.1 Å². The van der Waals surface area contributed by atoms with Gasteiger partial charge in [-0.3, -0.25) is 9.36 Å². The normalized spacial score (nSPS) is 11.0. The van der Waals surface area contributed by atoms with Crippen LogP contribution in [0.2, 0.25) is 0 Å². The molecule has 0 N–H and O–H groups in total. The van der Waals surface area contributed by atoms with Crippen LogP contribution in [-0.2, 0) is 11.3 Å². The van der Waals surface area contributed by atoms with E-state index in [2.05, 4.69) is 20.9 Å². The van der Waals surface area contributed by atoms with Gasteiger partial charge in [-0.2, -0.15) is 0 Å². The molecule has 90 valence electrons. The molecule has 0 fully saturated rings. The van der Waals surface area contributed by atoms with Crippen molar-refractivity contribution in [1.29, 1.82) is 0 Å². The summed E-state index contributed by atoms with van der Waals surface area (Å²) in [5.41, 5.74) is 0.704. The van der Waals surface area contributed by atoms with Crippen molar-refractivity contribution in [3.63, 3.8) is 0 Å². The molecule has 0 aliphatic heterocycles. The lowest BCUT2D eigenvalue weighted by Gasteiger charge is -2.10. The second kappa shape index (κ2) is 4.98. The highest BCUT2D eigenvalue weighted by molar-refractivity contribution is 9.10. The molecule has 0 bridgehead atoms. The zero-order valence-corrected chi connectivity index (χ0v) is 11.3. The number of aromatic nitrogens is 2. The summed E-state index contributed by atoms with van der Waals surface area (Å²) in [4.78, 5) is 16.7. The smallest absolute Gasteiger partial charge is 0.261 e. The molecule has 1 aromatic heterocycles. The zero-order valence-electron chi connectivity index (χ0n) is 9.74. The van der Waals surface area contributed by atoms with Gasteiger partial charge in [-0.15, -0.1) is 0 Å². The highest BCUT2D eigenvalue weighted by atomic mass is 79.9. The quantitative estimate of drug-likeness (QED) is 0.871. The molecule has 0 saturated heterocycles. The summed E-state index contributed by atoms with van der Waals surface area (Å²) in [6, 6.07) is 5.52. The average molecular weight is 297 g/mol. The molecule has 0 aliphatic carbocycles. The van der Waals surface area contributed by atoms with E-state index in [0.29, 0.717) is 24.4 Å². The lowest BCUT2D eigenvalue weighted by atomic mass is 10.2. The molecule has 1 heterocycles. The largest absolute Gasteiger partial charge is 0.383 e. The molecular weight excluding hydrogens is 284 g/mol. The Hall–Kier alpha value is -1.20. The number of halogens is 1. The van der Waals surface area contributed by atoms with E-state index in [-0.39, 0.29) is 5.56 Å². The summed E-state index contributed by atoms with van der Waals surface area (Å²) < 4.78 is 7.51. The fourth-order valence-electron chi connectivity index (χ4n) is 1.75. The molecule has 0 amide bonds. The number of hydrogen-bond donors (Lipinski definition) is 0. The van der Waals surface area contributed by atoms with Crippen LogP contribution in [0.4, 0.5) is 0 Å². The van der Waals surface area contributed by atoms with Gasteiger partial charge in [-0.1, -0.05) is 15.9 Å². The monoisotopic (exact) mass is 296 g/mol. The van der Waals surface area contributed by atoms with Gasteiger partial charge >= 0.3 is 0 Å². The molecule has 4 nitrogen and oxygen atoms in total. The second-order valence-electron chi connectivity index (χ2n) is 3.77. The van der Waals surface area contributed by atoms with Crippen LogP contribution < -0.4 is 5.56 Å². The minimum Gasteiger partial charge on any atom is -0.383 e. The molecule has 1 aromatic carbocycles. The highest BCUT2D eigenvalue weighted by Crippen LogP contribution is 2.15. The number of rotatable bonds is 3. The first-order valence-corrected chi connectivity index (χ1v) is 6.08. The summed E-state index contributed by atoms with van der Waals surface area (Å²) in [7, 11) is 1.62. The Kier molecular flexibility index (Phi) is 3.59. The number of hydrogen-bond acceptors (Lipinski definition) is 3. The van der Waals surface area contributed by atoms with Gasteiger partial charge < -0.3 is 4.74 Å². The topological polar surface area (TPSA) is 44.1 Å². The fraction of sp³-hybridized carbons (Fsp3) is 0.333. The fourth-order valence-corrected chi connectivity index (χ4v) is 2.11. The third-order valence-electron chi connectivity index (χ3n) is 2.63. The Labute approximate surface area is 107 Å². The number of fused-ring (bicyclic) bond motifs is 1. The number of benzene rings is 1. The first-order chi connectivity index (χ1) is 8.13. The predicted octanol–water partition coefficient (Wildman–Crippen LogP) is 2.11. The van der Waals surface area contributed by atoms with Gasteiger partial charge in [0.1, 0.15) is 5.82 Å². The highest BCUT2D eigenvalue weighted by Gasteiger charge is 2.07. The van der Waals surface area contributed by atoms with Gasteiger partial charge in [0, 0.05) is 11.6 Å². The number of ether oxygens (including phenoxy) is 1. The molecule has 5 heteroatoms. The van der Waals surface area contributed by atoms with Crippen molar-refractivity contribution in [3.05, 3.63) is 38.9 Å². The van der Waals surface area contributed by atoms with Gasteiger partial charge in [0.25, 0.3) is 5.56 Å². The second-order valence-corrected chi connectivity index (χ2v) is 4.69. The van der Waals surface area contributed by atoms with Crippen molar-refractivity contribution in [2.45, 2.75) is 13.5 Å². The van der Waals surface area contributed by atoms with E-state index < -0.39 is 0 Å². The van der Waals surface area contributed by atoms with Crippen molar-refractivity contribution in [2.24, 2.45) is 0 Å². The van der Waals surface area contributed by atoms with Crippen LogP contribution in [0.5, 0.6) is 0 Å². The van der Waals surface area contributed by atoms with E-state index in [9.17, 15) is 4.79 Å². The van der Waals surface area contributed by atoms with Gasteiger partial charge in [-0.25, -0.2) is 4.98 Å². The Morgan fingerprint density at radius 3 is 2.94 bits per heavy atom. The maximum absolute atomic E-state index is 12.3. The van der Waals surface area contributed by atoms with Gasteiger partial charge in [0.15, 0.2) is 0 Å². The van der Waals surface area contributed by atoms with Gasteiger partial charge in [0.2, 0.25) is 0 Å². The first-order valence-electron chi connectivity index (χ1n) is 5.29. The summed E-state index contributed by atoms with van der Waals surface area (Å²) >= 11 is 3.36. The summed E-state index contributed by atoms with van der Waals surface area (Å²) in [6.45, 7) is 2.86. The summed E-state index contributed by atoms with van der Waals surface area (Å²) in [5, 5.41) is 0.626. The Morgan fingerprint density at radius 1 is 1.47 bits per heavy atom. The summed E-state index contributed by atoms with van der Waals surface area (Å²) in [5.74, 6) is 0.710. The van der Waals surface area contributed by atoms with Crippen LogP contribution in [0, 0.1) is 6.92 Å². The minimum absolute atomic E-state index is 0.0224. The van der Waals surface area contributed by atoms with Crippen LogP contribution in [-0.4, -0.2) is 23.3 Å². The molecule has 2 rings (SSSR count). The van der Waals surface area contributed by atoms with E-state index in [1.165, 1.54) is 0 Å². The molecule has 17 heavy (non-hydrogen) atoms. The average Bonchev–Trinajstić information content (AvgIpc) is 2.30. The third-order valence-corrected chi connectivity index (χ3v) is 3.12. The summed E-state index contributed by atoms with van der Waals surface area (Å²) in [6.07, 6.45) is 0. The lowest BCUT2D eigenvalue weighted by molar-refractivity contribution is 0.185. The van der Waals surface area contributed by atoms with E-state index in [1.807, 2.05) is 19.1 Å². The third kappa shape index (κ3) is 2.40. The van der Waals surface area contributed by atoms with Gasteiger partial charge in [0.05, 0.1) is 24.1 Å². The van der Waals surface area contributed by atoms with Crippen LogP contribution in [0.15, 0.2) is 27.5 Å². The Balaban J connectivity index is 2.65. The van der Waals surface area contributed by atoms with Crippen molar-refractivity contribution in [2.75, 3.05) is 13.7 Å². The molecule has 0 aliphatic rings. The van der Waals surface area contributed by atoms with Crippen molar-refractivity contribution >= 4 is 26.8 Å². The molecular formula is C12H13BrN2O2.